The van der Waals surface area contributed by atoms with Crippen molar-refractivity contribution >= 4 is 11.9 Å². The third-order valence-corrected chi connectivity index (χ3v) is 5.76. The number of benzene rings is 2. The fourth-order valence-corrected chi connectivity index (χ4v) is 3.68. The van der Waals surface area contributed by atoms with Crippen LogP contribution in [0.4, 0.5) is 19.1 Å². The quantitative estimate of drug-likeness (QED) is 0.437. The smallest absolute Gasteiger partial charge is 0.475 e. The molecule has 7 nitrogen and oxygen atoms in total. The minimum Gasteiger partial charge on any atom is -0.475 e. The second-order valence-electron chi connectivity index (χ2n) is 8.60. The Balaban J connectivity index is 0.000000454. The van der Waals surface area contributed by atoms with Crippen molar-refractivity contribution in [2.24, 2.45) is 0 Å². The number of anilines is 1. The molecule has 1 saturated heterocycles. The maximum absolute atomic E-state index is 10.6. The molecule has 0 unspecified atom stereocenters. The highest BCUT2D eigenvalue weighted by Gasteiger charge is 2.38. The Hall–Kier alpha value is -3.50. The summed E-state index contributed by atoms with van der Waals surface area (Å²) in [7, 11) is 2.20. The van der Waals surface area contributed by atoms with Crippen molar-refractivity contribution in [3.8, 4) is 11.1 Å². The van der Waals surface area contributed by atoms with E-state index in [4.69, 9.17) is 9.90 Å². The van der Waals surface area contributed by atoms with Crippen molar-refractivity contribution in [1.82, 2.24) is 20.2 Å². The summed E-state index contributed by atoms with van der Waals surface area (Å²) in [4.78, 5) is 20.3. The summed E-state index contributed by atoms with van der Waals surface area (Å²) in [5, 5.41) is 14.1. The molecule has 1 aliphatic heterocycles. The molecule has 0 aliphatic carbocycles. The first kappa shape index (κ1) is 27.1. The first-order valence-corrected chi connectivity index (χ1v) is 11.6. The third-order valence-electron chi connectivity index (χ3n) is 5.76. The Morgan fingerprint density at radius 3 is 2.19 bits per heavy atom. The SMILES string of the molecule is CN1CCC(NCc2cccc(-c3cnc(NCc4ccccc4)nc3)c2)CC1.O=C(O)C(F)(F)F. The molecule has 0 atom stereocenters. The molecule has 4 rings (SSSR count). The highest BCUT2D eigenvalue weighted by atomic mass is 19.4. The topological polar surface area (TPSA) is 90.4 Å². The summed E-state index contributed by atoms with van der Waals surface area (Å²) in [5.41, 5.74) is 4.70. The lowest BCUT2D eigenvalue weighted by Gasteiger charge is -2.29. The van der Waals surface area contributed by atoms with Crippen molar-refractivity contribution in [2.45, 2.75) is 38.1 Å². The molecule has 2 aromatic carbocycles. The van der Waals surface area contributed by atoms with E-state index in [0.717, 1.165) is 24.2 Å². The van der Waals surface area contributed by atoms with Gasteiger partial charge in [-0.1, -0.05) is 48.5 Å². The molecule has 36 heavy (non-hydrogen) atoms. The Kier molecular flexibility index (Phi) is 9.77. The van der Waals surface area contributed by atoms with Gasteiger partial charge >= 0.3 is 12.1 Å². The average molecular weight is 502 g/mol. The van der Waals surface area contributed by atoms with E-state index in [1.807, 2.05) is 30.6 Å². The Bertz CT molecular complexity index is 1090. The lowest BCUT2D eigenvalue weighted by molar-refractivity contribution is -0.192. The van der Waals surface area contributed by atoms with Crippen LogP contribution < -0.4 is 10.6 Å². The van der Waals surface area contributed by atoms with Crippen molar-refractivity contribution in [3.63, 3.8) is 0 Å². The molecule has 3 aromatic rings. The fraction of sp³-hybridized carbons (Fsp3) is 0.346. The number of aromatic nitrogens is 2. The second-order valence-corrected chi connectivity index (χ2v) is 8.60. The summed E-state index contributed by atoms with van der Waals surface area (Å²) < 4.78 is 31.7. The number of halogens is 3. The van der Waals surface area contributed by atoms with Gasteiger partial charge in [0.2, 0.25) is 5.95 Å². The maximum Gasteiger partial charge on any atom is 0.490 e. The van der Waals surface area contributed by atoms with Gasteiger partial charge < -0.3 is 20.6 Å². The van der Waals surface area contributed by atoms with Gasteiger partial charge in [0.15, 0.2) is 0 Å². The monoisotopic (exact) mass is 501 g/mol. The van der Waals surface area contributed by atoms with Crippen molar-refractivity contribution in [1.29, 1.82) is 0 Å². The summed E-state index contributed by atoms with van der Waals surface area (Å²) in [6.45, 7) is 3.98. The van der Waals surface area contributed by atoms with Crippen LogP contribution in [0, 0.1) is 0 Å². The Labute approximate surface area is 208 Å². The van der Waals surface area contributed by atoms with Gasteiger partial charge in [0.25, 0.3) is 0 Å². The highest BCUT2D eigenvalue weighted by molar-refractivity contribution is 5.73. The van der Waals surface area contributed by atoms with Crippen molar-refractivity contribution < 1.29 is 23.1 Å². The lowest BCUT2D eigenvalue weighted by Crippen LogP contribution is -2.40. The maximum atomic E-state index is 10.6. The van der Waals surface area contributed by atoms with Gasteiger partial charge in [0.1, 0.15) is 0 Å². The van der Waals surface area contributed by atoms with Gasteiger partial charge in [-0.25, -0.2) is 14.8 Å². The second kappa shape index (κ2) is 13.0. The van der Waals surface area contributed by atoms with Crippen LogP contribution in [-0.4, -0.2) is 58.3 Å². The Morgan fingerprint density at radius 1 is 0.972 bits per heavy atom. The van der Waals surface area contributed by atoms with Crippen molar-refractivity contribution in [3.05, 3.63) is 78.1 Å². The molecule has 0 bridgehead atoms. The van der Waals surface area contributed by atoms with Gasteiger partial charge in [0, 0.05) is 37.1 Å². The summed E-state index contributed by atoms with van der Waals surface area (Å²) in [5.74, 6) is -2.11. The largest absolute Gasteiger partial charge is 0.490 e. The van der Waals surface area contributed by atoms with Gasteiger partial charge in [-0.15, -0.1) is 0 Å². The predicted octanol–water partition coefficient (Wildman–Crippen LogP) is 4.57. The number of rotatable bonds is 7. The molecular weight excluding hydrogens is 471 g/mol. The highest BCUT2D eigenvalue weighted by Crippen LogP contribution is 2.20. The number of hydrogen-bond donors (Lipinski definition) is 3. The lowest BCUT2D eigenvalue weighted by atomic mass is 10.0. The van der Waals surface area contributed by atoms with E-state index in [9.17, 15) is 13.2 Å². The number of nitrogens with one attached hydrogen (secondary N) is 2. The van der Waals surface area contributed by atoms with Crippen LogP contribution in [0.25, 0.3) is 11.1 Å². The van der Waals surface area contributed by atoms with Crippen LogP contribution >= 0.6 is 0 Å². The number of carbonyl (C=O) groups is 1. The van der Waals surface area contributed by atoms with E-state index in [0.29, 0.717) is 12.0 Å². The fourth-order valence-electron chi connectivity index (χ4n) is 3.68. The molecule has 3 N–H and O–H groups in total. The first-order valence-electron chi connectivity index (χ1n) is 11.6. The molecule has 1 fully saturated rings. The average Bonchev–Trinajstić information content (AvgIpc) is 2.88. The number of hydrogen-bond acceptors (Lipinski definition) is 6. The Morgan fingerprint density at radius 2 is 1.58 bits per heavy atom. The summed E-state index contributed by atoms with van der Waals surface area (Å²) in [6, 6.07) is 19.5. The van der Waals surface area contributed by atoms with Crippen LogP contribution in [-0.2, 0) is 17.9 Å². The van der Waals surface area contributed by atoms with Crippen LogP contribution in [0.1, 0.15) is 24.0 Å². The molecular formula is C26H30F3N5O2. The number of nitrogens with zero attached hydrogens (tertiary/aromatic N) is 3. The summed E-state index contributed by atoms with van der Waals surface area (Å²) in [6.07, 6.45) is 1.15. The molecule has 0 spiro atoms. The van der Waals surface area contributed by atoms with Crippen LogP contribution in [0.15, 0.2) is 67.0 Å². The van der Waals surface area contributed by atoms with Gasteiger partial charge in [-0.05, 0) is 55.7 Å². The van der Waals surface area contributed by atoms with E-state index in [2.05, 4.69) is 68.9 Å². The number of aliphatic carboxylic acids is 1. The van der Waals surface area contributed by atoms with Crippen LogP contribution in [0.3, 0.4) is 0 Å². The van der Waals surface area contributed by atoms with Gasteiger partial charge in [-0.3, -0.25) is 0 Å². The van der Waals surface area contributed by atoms with E-state index >= 15 is 0 Å². The number of likely N-dealkylation sites (tertiary alicyclic amines) is 1. The molecule has 0 saturated carbocycles. The third kappa shape index (κ3) is 8.94. The zero-order valence-electron chi connectivity index (χ0n) is 20.0. The molecule has 1 aliphatic rings. The normalized spacial score (nSPS) is 14.6. The number of alkyl halides is 3. The molecule has 10 heteroatoms. The molecule has 192 valence electrons. The number of piperidine rings is 1. The zero-order valence-corrected chi connectivity index (χ0v) is 20.0. The van der Waals surface area contributed by atoms with E-state index in [1.165, 1.54) is 37.1 Å². The minimum atomic E-state index is -5.08. The van der Waals surface area contributed by atoms with Crippen LogP contribution in [0.2, 0.25) is 0 Å². The van der Waals surface area contributed by atoms with Crippen LogP contribution in [0.5, 0.6) is 0 Å². The molecule has 0 radical (unpaired) electrons. The van der Waals surface area contributed by atoms with E-state index < -0.39 is 12.1 Å². The number of carboxylic acid groups (broad SMARTS) is 1. The van der Waals surface area contributed by atoms with Gasteiger partial charge in [0.05, 0.1) is 0 Å². The minimum absolute atomic E-state index is 0.619. The first-order chi connectivity index (χ1) is 17.2. The zero-order chi connectivity index (χ0) is 26.0. The van der Waals surface area contributed by atoms with Crippen molar-refractivity contribution in [2.75, 3.05) is 25.5 Å². The van der Waals surface area contributed by atoms with E-state index in [1.54, 1.807) is 0 Å². The predicted molar refractivity (Wildman–Crippen MR) is 132 cm³/mol. The summed E-state index contributed by atoms with van der Waals surface area (Å²) >= 11 is 0. The molecule has 1 aromatic heterocycles. The standard InChI is InChI=1S/C24H29N5.C2HF3O2/c1-29-12-10-23(11-13-29)25-16-20-8-5-9-21(14-20)22-17-27-24(28-18-22)26-15-19-6-3-2-4-7-19;3-2(4,5)1(6)7/h2-9,14,17-18,23,25H,10-13,15-16H2,1H3,(H,26,27,28);(H,6,7). The number of carboxylic acids is 1. The molecule has 2 heterocycles. The van der Waals surface area contributed by atoms with E-state index in [-0.39, 0.29) is 0 Å². The molecule has 0 amide bonds. The van der Waals surface area contributed by atoms with Gasteiger partial charge in [-0.2, -0.15) is 13.2 Å².